The summed E-state index contributed by atoms with van der Waals surface area (Å²) in [7, 11) is 0. The topological polar surface area (TPSA) is 149 Å². The van der Waals surface area contributed by atoms with E-state index in [1.807, 2.05) is 0 Å². The van der Waals surface area contributed by atoms with Gasteiger partial charge in [-0.3, -0.25) is 19.2 Å². The lowest BCUT2D eigenvalue weighted by molar-refractivity contribution is -0.135. The van der Waals surface area contributed by atoms with E-state index >= 15 is 0 Å². The third kappa shape index (κ3) is 1100. The summed E-state index contributed by atoms with van der Waals surface area (Å²) in [5, 5.41) is 29.7. The first-order valence-corrected chi connectivity index (χ1v) is 3.71. The Bertz CT molecular complexity index is 165. The van der Waals surface area contributed by atoms with Crippen LogP contribution in [0.15, 0.2) is 0 Å². The van der Waals surface area contributed by atoms with Gasteiger partial charge in [0.05, 0.1) is 0 Å². The van der Waals surface area contributed by atoms with Crippen molar-refractivity contribution in [2.24, 2.45) is 0 Å². The van der Waals surface area contributed by atoms with Gasteiger partial charge in [-0.15, -0.1) is 24.8 Å². The predicted molar refractivity (Wildman–Crippen MR) is 67.7 cm³/mol. The van der Waals surface area contributed by atoms with Crippen LogP contribution < -0.4 is 0 Å². The van der Waals surface area contributed by atoms with Crippen LogP contribution in [0, 0.1) is 0 Å². The van der Waals surface area contributed by atoms with Crippen molar-refractivity contribution in [2.45, 2.75) is 27.7 Å². The van der Waals surface area contributed by atoms with E-state index in [2.05, 4.69) is 0 Å². The summed E-state index contributed by atoms with van der Waals surface area (Å²) in [6.45, 7) is 4.33. The molecule has 0 radical (unpaired) electrons. The van der Waals surface area contributed by atoms with Gasteiger partial charge in [0.25, 0.3) is 23.9 Å². The molecule has 0 saturated carbocycles. The molecule has 10 heteroatoms. The number of hydrogen-bond acceptors (Lipinski definition) is 4. The first-order valence-electron chi connectivity index (χ1n) is 3.71. The van der Waals surface area contributed by atoms with Gasteiger partial charge in [0.15, 0.2) is 0 Å². The Labute approximate surface area is 116 Å². The van der Waals surface area contributed by atoms with Crippen molar-refractivity contribution in [1.82, 2.24) is 0 Å². The third-order valence-electron chi connectivity index (χ3n) is 0. The quantitative estimate of drug-likeness (QED) is 0.521. The molecule has 0 spiro atoms. The lowest BCUT2D eigenvalue weighted by Gasteiger charge is -1.59. The van der Waals surface area contributed by atoms with Gasteiger partial charge in [0.1, 0.15) is 0 Å². The SMILES string of the molecule is CC(=O)O.CC(=O)O.CC(=O)O.CC(=O)O.Cl.Cl. The highest BCUT2D eigenvalue weighted by Crippen LogP contribution is 1.43. The van der Waals surface area contributed by atoms with E-state index in [-0.39, 0.29) is 24.8 Å². The first-order chi connectivity index (χ1) is 6.93. The molecule has 0 rings (SSSR count). The molecule has 0 unspecified atom stereocenters. The molecular weight excluding hydrogens is 295 g/mol. The number of halogens is 2. The molecule has 0 bridgehead atoms. The van der Waals surface area contributed by atoms with Crippen molar-refractivity contribution in [2.75, 3.05) is 0 Å². The fraction of sp³-hybridized carbons (Fsp3) is 0.500. The number of carboxylic acid groups (broad SMARTS) is 4. The third-order valence-corrected chi connectivity index (χ3v) is 0. The molecule has 0 heterocycles. The molecule has 0 saturated heterocycles. The highest BCUT2D eigenvalue weighted by atomic mass is 35.5. The second-order valence-corrected chi connectivity index (χ2v) is 2.08. The summed E-state index contributed by atoms with van der Waals surface area (Å²) < 4.78 is 0. The van der Waals surface area contributed by atoms with Crippen molar-refractivity contribution in [3.05, 3.63) is 0 Å². The first kappa shape index (κ1) is 36.0. The van der Waals surface area contributed by atoms with E-state index in [4.69, 9.17) is 39.6 Å². The van der Waals surface area contributed by atoms with E-state index in [1.54, 1.807) is 0 Å². The van der Waals surface area contributed by atoms with E-state index in [0.717, 1.165) is 27.7 Å². The van der Waals surface area contributed by atoms with Crippen LogP contribution in [0.3, 0.4) is 0 Å². The summed E-state index contributed by atoms with van der Waals surface area (Å²) in [5.74, 6) is -3.33. The average Bonchev–Trinajstić information content (AvgIpc) is 1.76. The minimum atomic E-state index is -0.833. The highest BCUT2D eigenvalue weighted by molar-refractivity contribution is 5.85. The Morgan fingerprint density at radius 3 is 0.500 bits per heavy atom. The van der Waals surface area contributed by atoms with Gasteiger partial charge in [-0.2, -0.15) is 0 Å². The molecule has 8 nitrogen and oxygen atoms in total. The maximum atomic E-state index is 9.00. The van der Waals surface area contributed by atoms with Crippen LogP contribution in [0.4, 0.5) is 0 Å². The maximum Gasteiger partial charge on any atom is 0.300 e. The van der Waals surface area contributed by atoms with Crippen LogP contribution in [0.5, 0.6) is 0 Å². The second kappa shape index (κ2) is 29.5. The van der Waals surface area contributed by atoms with Crippen LogP contribution >= 0.6 is 24.8 Å². The second-order valence-electron chi connectivity index (χ2n) is 2.08. The maximum absolute atomic E-state index is 9.00. The van der Waals surface area contributed by atoms with Crippen molar-refractivity contribution in [1.29, 1.82) is 0 Å². The summed E-state index contributed by atoms with van der Waals surface area (Å²) >= 11 is 0. The fourth-order valence-electron chi connectivity index (χ4n) is 0. The van der Waals surface area contributed by atoms with Crippen LogP contribution in [0.2, 0.25) is 0 Å². The Balaban J connectivity index is -0.0000000257. The van der Waals surface area contributed by atoms with E-state index in [0.29, 0.717) is 0 Å². The van der Waals surface area contributed by atoms with Gasteiger partial charge in [-0.05, 0) is 0 Å². The molecule has 0 aromatic carbocycles. The molecule has 0 aliphatic rings. The summed E-state index contributed by atoms with van der Waals surface area (Å²) in [6, 6.07) is 0. The van der Waals surface area contributed by atoms with E-state index in [1.165, 1.54) is 0 Å². The van der Waals surface area contributed by atoms with Gasteiger partial charge >= 0.3 is 0 Å². The summed E-state index contributed by atoms with van der Waals surface area (Å²) in [5.41, 5.74) is 0. The zero-order valence-electron chi connectivity index (χ0n) is 10.2. The molecule has 4 N–H and O–H groups in total. The van der Waals surface area contributed by atoms with Crippen LogP contribution in [0.25, 0.3) is 0 Å². The minimum absolute atomic E-state index is 0. The molecule has 0 amide bonds. The van der Waals surface area contributed by atoms with Crippen molar-refractivity contribution >= 4 is 48.7 Å². The number of aliphatic carboxylic acids is 4. The van der Waals surface area contributed by atoms with Gasteiger partial charge in [0, 0.05) is 27.7 Å². The molecular formula is C8H18Cl2O8. The number of carbonyl (C=O) groups is 4. The average molecular weight is 313 g/mol. The molecule has 0 fully saturated rings. The largest absolute Gasteiger partial charge is 0.481 e. The van der Waals surface area contributed by atoms with Crippen LogP contribution in [-0.2, 0) is 19.2 Å². The molecule has 18 heavy (non-hydrogen) atoms. The normalized spacial score (nSPS) is 5.56. The van der Waals surface area contributed by atoms with Crippen molar-refractivity contribution in [3.8, 4) is 0 Å². The zero-order chi connectivity index (χ0) is 14.3. The monoisotopic (exact) mass is 312 g/mol. The Hall–Kier alpha value is -1.54. The van der Waals surface area contributed by atoms with E-state index < -0.39 is 23.9 Å². The van der Waals surface area contributed by atoms with Crippen molar-refractivity contribution < 1.29 is 39.6 Å². The lowest BCUT2D eigenvalue weighted by Crippen LogP contribution is -1.78. The number of carboxylic acids is 4. The van der Waals surface area contributed by atoms with Crippen LogP contribution in [-0.4, -0.2) is 44.3 Å². The summed E-state index contributed by atoms with van der Waals surface area (Å²) in [6.07, 6.45) is 0. The van der Waals surface area contributed by atoms with Crippen molar-refractivity contribution in [3.63, 3.8) is 0 Å². The standard InChI is InChI=1S/4C2H4O2.2ClH/c4*1-2(3)4;;/h4*1H3,(H,3,4);2*1H. The fourth-order valence-corrected chi connectivity index (χ4v) is 0. The molecule has 0 atom stereocenters. The molecule has 0 aliphatic heterocycles. The Morgan fingerprint density at radius 1 is 0.500 bits per heavy atom. The van der Waals surface area contributed by atoms with Gasteiger partial charge in [-0.1, -0.05) is 0 Å². The molecule has 0 aromatic rings. The zero-order valence-corrected chi connectivity index (χ0v) is 11.9. The number of rotatable bonds is 0. The Kier molecular flexibility index (Phi) is 59.0. The minimum Gasteiger partial charge on any atom is -0.481 e. The highest BCUT2D eigenvalue weighted by Gasteiger charge is 1.66. The van der Waals surface area contributed by atoms with E-state index in [9.17, 15) is 0 Å². The van der Waals surface area contributed by atoms with Gasteiger partial charge < -0.3 is 20.4 Å². The Morgan fingerprint density at radius 2 is 0.500 bits per heavy atom. The molecule has 112 valence electrons. The smallest absolute Gasteiger partial charge is 0.300 e. The predicted octanol–water partition coefficient (Wildman–Crippen LogP) is 1.21. The summed E-state index contributed by atoms with van der Waals surface area (Å²) in [4.78, 5) is 36.0. The lowest BCUT2D eigenvalue weighted by atomic mass is 10.9. The number of hydrogen-bond donors (Lipinski definition) is 4. The van der Waals surface area contributed by atoms with Gasteiger partial charge in [0.2, 0.25) is 0 Å². The molecule has 0 aromatic heterocycles. The molecule has 0 aliphatic carbocycles. The van der Waals surface area contributed by atoms with Gasteiger partial charge in [-0.25, -0.2) is 0 Å². The van der Waals surface area contributed by atoms with Crippen LogP contribution in [0.1, 0.15) is 27.7 Å².